The highest BCUT2D eigenvalue weighted by Crippen LogP contribution is 2.19. The highest BCUT2D eigenvalue weighted by Gasteiger charge is 2.30. The Morgan fingerprint density at radius 3 is 3.06 bits per heavy atom. The highest BCUT2D eigenvalue weighted by molar-refractivity contribution is 5.73. The molecule has 87 valence electrons. The maximum atomic E-state index is 11.0. The molecule has 0 bridgehead atoms. The minimum atomic E-state index is -0.757. The summed E-state index contributed by atoms with van der Waals surface area (Å²) in [5, 5.41) is 9.05. The Bertz CT molecular complexity index is 447. The lowest BCUT2D eigenvalue weighted by atomic mass is 10.2. The second-order valence-corrected chi connectivity index (χ2v) is 4.13. The summed E-state index contributed by atoms with van der Waals surface area (Å²) in [6.45, 7) is 1.35. The van der Waals surface area contributed by atoms with Crippen molar-refractivity contribution in [2.75, 3.05) is 6.54 Å². The van der Waals surface area contributed by atoms with Gasteiger partial charge in [0.2, 0.25) is 0 Å². The maximum absolute atomic E-state index is 11.0. The summed E-state index contributed by atoms with van der Waals surface area (Å²) in [6.07, 6.45) is 10.2. The molecule has 17 heavy (non-hydrogen) atoms. The predicted octanol–water partition coefficient (Wildman–Crippen LogP) is 1.07. The molecule has 1 aromatic rings. The molecule has 1 fully saturated rings. The number of likely N-dealkylation sites (tertiary alicyclic amines) is 1. The number of aliphatic carboxylic acids is 1. The summed E-state index contributed by atoms with van der Waals surface area (Å²) in [4.78, 5) is 17.1. The number of carboxylic acids is 1. The van der Waals surface area contributed by atoms with Crippen molar-refractivity contribution in [1.82, 2.24) is 9.88 Å². The molecular formula is C13H13N2O2. The molecule has 4 heteroatoms. The van der Waals surface area contributed by atoms with Crippen LogP contribution in [0.15, 0.2) is 18.3 Å². The van der Waals surface area contributed by atoms with Crippen LogP contribution in [-0.4, -0.2) is 33.5 Å². The molecule has 1 aliphatic heterocycles. The molecule has 2 heterocycles. The first-order chi connectivity index (χ1) is 8.20. The number of carbonyl (C=O) groups is 1. The zero-order chi connectivity index (χ0) is 12.3. The fraction of sp³-hybridized carbons (Fsp3) is 0.385. The average molecular weight is 229 g/mol. The molecule has 1 radical (unpaired) electrons. The molecule has 0 unspecified atom stereocenters. The van der Waals surface area contributed by atoms with Gasteiger partial charge in [-0.05, 0) is 37.9 Å². The lowest BCUT2D eigenvalue weighted by Gasteiger charge is -2.20. The standard InChI is InChI=1S/C13H13N2O2/c1-2-10-5-6-11(14-8-10)9-15-7-3-4-12(15)13(16)17/h5-6,8,12H,3-4,7,9H2,(H,16,17)/t12-/m1/s1. The van der Waals surface area contributed by atoms with E-state index in [2.05, 4.69) is 10.9 Å². The number of rotatable bonds is 3. The topological polar surface area (TPSA) is 53.4 Å². The summed E-state index contributed by atoms with van der Waals surface area (Å²) in [5.74, 6) is 1.50. The first-order valence-corrected chi connectivity index (χ1v) is 5.55. The first-order valence-electron chi connectivity index (χ1n) is 5.55. The molecule has 0 aliphatic carbocycles. The van der Waals surface area contributed by atoms with Crippen LogP contribution in [0, 0.1) is 12.3 Å². The normalized spacial score (nSPS) is 20.1. The van der Waals surface area contributed by atoms with Gasteiger partial charge in [0.15, 0.2) is 0 Å². The van der Waals surface area contributed by atoms with Crippen LogP contribution >= 0.6 is 0 Å². The van der Waals surface area contributed by atoms with Crippen molar-refractivity contribution in [3.8, 4) is 5.92 Å². The van der Waals surface area contributed by atoms with E-state index in [-0.39, 0.29) is 6.04 Å². The molecule has 1 N–H and O–H groups in total. The van der Waals surface area contributed by atoms with Crippen molar-refractivity contribution in [2.24, 2.45) is 0 Å². The fourth-order valence-electron chi connectivity index (χ4n) is 2.10. The van der Waals surface area contributed by atoms with E-state index >= 15 is 0 Å². The molecule has 1 aliphatic rings. The molecule has 0 spiro atoms. The van der Waals surface area contributed by atoms with Crippen molar-refractivity contribution in [2.45, 2.75) is 25.4 Å². The Morgan fingerprint density at radius 1 is 1.65 bits per heavy atom. The molecule has 0 amide bonds. The number of carboxylic acid groups (broad SMARTS) is 1. The highest BCUT2D eigenvalue weighted by atomic mass is 16.4. The Morgan fingerprint density at radius 2 is 2.47 bits per heavy atom. The Balaban J connectivity index is 2.05. The number of pyridine rings is 1. The zero-order valence-electron chi connectivity index (χ0n) is 9.39. The van der Waals surface area contributed by atoms with E-state index in [1.165, 1.54) is 0 Å². The van der Waals surface area contributed by atoms with Gasteiger partial charge < -0.3 is 5.11 Å². The van der Waals surface area contributed by atoms with Gasteiger partial charge in [-0.15, -0.1) is 0 Å². The van der Waals surface area contributed by atoms with Gasteiger partial charge in [0, 0.05) is 18.3 Å². The Labute approximate surface area is 100 Å². The second-order valence-electron chi connectivity index (χ2n) is 4.13. The maximum Gasteiger partial charge on any atom is 0.320 e. The van der Waals surface area contributed by atoms with Crippen molar-refractivity contribution in [1.29, 1.82) is 0 Å². The summed E-state index contributed by atoms with van der Waals surface area (Å²) in [5.41, 5.74) is 1.46. The molecule has 1 saturated heterocycles. The smallest absolute Gasteiger partial charge is 0.320 e. The van der Waals surface area contributed by atoms with E-state index < -0.39 is 5.97 Å². The van der Waals surface area contributed by atoms with Crippen LogP contribution in [0.3, 0.4) is 0 Å². The van der Waals surface area contributed by atoms with Crippen molar-refractivity contribution in [3.05, 3.63) is 36.0 Å². The number of hydrogen-bond acceptors (Lipinski definition) is 3. The molecule has 2 rings (SSSR count). The van der Waals surface area contributed by atoms with Gasteiger partial charge in [0.25, 0.3) is 0 Å². The third-order valence-corrected chi connectivity index (χ3v) is 2.98. The molecule has 4 nitrogen and oxygen atoms in total. The monoisotopic (exact) mass is 229 g/mol. The summed E-state index contributed by atoms with van der Waals surface area (Å²) in [7, 11) is 0. The Kier molecular flexibility index (Phi) is 3.40. The van der Waals surface area contributed by atoms with E-state index in [0.29, 0.717) is 18.5 Å². The van der Waals surface area contributed by atoms with Gasteiger partial charge in [-0.2, -0.15) is 0 Å². The Hall–Kier alpha value is -1.86. The third kappa shape index (κ3) is 2.63. The number of hydrogen-bond donors (Lipinski definition) is 1. The lowest BCUT2D eigenvalue weighted by Crippen LogP contribution is -2.35. The van der Waals surface area contributed by atoms with Crippen LogP contribution in [0.4, 0.5) is 0 Å². The number of aromatic nitrogens is 1. The third-order valence-electron chi connectivity index (χ3n) is 2.98. The van der Waals surface area contributed by atoms with Crippen LogP contribution < -0.4 is 0 Å². The van der Waals surface area contributed by atoms with Gasteiger partial charge in [-0.3, -0.25) is 14.7 Å². The van der Waals surface area contributed by atoms with E-state index in [9.17, 15) is 4.79 Å². The van der Waals surface area contributed by atoms with E-state index in [0.717, 1.165) is 18.7 Å². The van der Waals surface area contributed by atoms with E-state index in [1.54, 1.807) is 12.3 Å². The summed E-state index contributed by atoms with van der Waals surface area (Å²) < 4.78 is 0. The van der Waals surface area contributed by atoms with Crippen molar-refractivity contribution >= 4 is 5.97 Å². The minimum absolute atomic E-state index is 0.384. The molecule has 0 aromatic carbocycles. The van der Waals surface area contributed by atoms with E-state index in [1.807, 2.05) is 11.0 Å². The molecule has 1 aromatic heterocycles. The van der Waals surface area contributed by atoms with Crippen LogP contribution in [0.25, 0.3) is 0 Å². The lowest BCUT2D eigenvalue weighted by molar-refractivity contribution is -0.142. The SMILES string of the molecule is [C]#Cc1ccc(CN2CCC[C@@H]2C(=O)O)nc1. The van der Waals surface area contributed by atoms with E-state index in [4.69, 9.17) is 11.5 Å². The minimum Gasteiger partial charge on any atom is -0.480 e. The first kappa shape index (κ1) is 11.6. The predicted molar refractivity (Wildman–Crippen MR) is 61.5 cm³/mol. The van der Waals surface area contributed by atoms with Crippen LogP contribution in [0.5, 0.6) is 0 Å². The summed E-state index contributed by atoms with van der Waals surface area (Å²) >= 11 is 0. The van der Waals surface area contributed by atoms with Crippen LogP contribution in [0.2, 0.25) is 0 Å². The van der Waals surface area contributed by atoms with Crippen molar-refractivity contribution in [3.63, 3.8) is 0 Å². The van der Waals surface area contributed by atoms with Gasteiger partial charge in [-0.25, -0.2) is 0 Å². The second kappa shape index (κ2) is 4.98. The largest absolute Gasteiger partial charge is 0.480 e. The van der Waals surface area contributed by atoms with Crippen molar-refractivity contribution < 1.29 is 9.90 Å². The number of nitrogens with zero attached hydrogens (tertiary/aromatic N) is 2. The van der Waals surface area contributed by atoms with Gasteiger partial charge in [-0.1, -0.05) is 5.92 Å². The van der Waals surface area contributed by atoms with Crippen LogP contribution in [0.1, 0.15) is 24.1 Å². The fourth-order valence-corrected chi connectivity index (χ4v) is 2.10. The van der Waals surface area contributed by atoms with Crippen LogP contribution in [-0.2, 0) is 11.3 Å². The zero-order valence-corrected chi connectivity index (χ0v) is 9.39. The van der Waals surface area contributed by atoms with Gasteiger partial charge in [0.05, 0.1) is 5.69 Å². The molecular weight excluding hydrogens is 216 g/mol. The molecule has 1 atom stereocenters. The average Bonchev–Trinajstić information content (AvgIpc) is 2.78. The molecule has 0 saturated carbocycles. The van der Waals surface area contributed by atoms with Gasteiger partial charge in [0.1, 0.15) is 6.04 Å². The van der Waals surface area contributed by atoms with Gasteiger partial charge >= 0.3 is 5.97 Å². The summed E-state index contributed by atoms with van der Waals surface area (Å²) in [6, 6.07) is 3.20. The quantitative estimate of drug-likeness (QED) is 0.788.